The molecule has 0 aliphatic rings. The first kappa shape index (κ1) is 32.5. The Bertz CT molecular complexity index is 615. The molecule has 0 unspecified atom stereocenters. The summed E-state index contributed by atoms with van der Waals surface area (Å²) < 4.78 is 14.7. The molecule has 0 amide bonds. The van der Waals surface area contributed by atoms with E-state index in [1.807, 2.05) is 24.3 Å². The van der Waals surface area contributed by atoms with Crippen molar-refractivity contribution >= 4 is 12.6 Å². The average molecular weight is 763 g/mol. The molecule has 27 heavy (non-hydrogen) atoms. The van der Waals surface area contributed by atoms with E-state index in [0.717, 1.165) is 54.3 Å². The number of benzene rings is 1. The van der Waals surface area contributed by atoms with E-state index < -0.39 is 7.26 Å². The molecule has 1 heterocycles. The van der Waals surface area contributed by atoms with Gasteiger partial charge in [-0.1, -0.05) is 39.0 Å². The number of nitrogens with zero attached hydrogens (tertiary/aromatic N) is 1. The van der Waals surface area contributed by atoms with Crippen LogP contribution in [-0.2, 0) is 20.1 Å². The van der Waals surface area contributed by atoms with Crippen LogP contribution in [0.3, 0.4) is 0 Å². The van der Waals surface area contributed by atoms with Crippen LogP contribution in [0.5, 0.6) is 0 Å². The van der Waals surface area contributed by atoms with Gasteiger partial charge >= 0.3 is 0 Å². The van der Waals surface area contributed by atoms with Crippen molar-refractivity contribution < 1.29 is 75.4 Å². The molecule has 0 N–H and O–H groups in total. The number of hydrogen-bond donors (Lipinski definition) is 0. The molecule has 0 fully saturated rings. The van der Waals surface area contributed by atoms with Crippen molar-refractivity contribution in [3.8, 4) is 11.3 Å². The van der Waals surface area contributed by atoms with Gasteiger partial charge in [-0.3, -0.25) is 4.39 Å². The average Bonchev–Trinajstić information content (AvgIpc) is 2.56. The third kappa shape index (κ3) is 8.60. The molecule has 0 saturated heterocycles. The molecular weight excluding hydrogens is 736 g/mol. The van der Waals surface area contributed by atoms with Crippen molar-refractivity contribution in [2.75, 3.05) is 18.5 Å². The third-order valence-corrected chi connectivity index (χ3v) is 9.56. The summed E-state index contributed by atoms with van der Waals surface area (Å²) >= 11 is 0. The predicted octanol–water partition coefficient (Wildman–Crippen LogP) is -3.43. The standard InChI is InChI=1S/C20H27FNP.3BrH.Ir/c1-4-13-23(14-5-2,15-6-3)20-16-17(10-11-18(20)21)19-9-7-8-12-22-19;;;;/h7-9,11-12,16H,4-6,13-15H2,1-3H3;3*1H;/p-3. The van der Waals surface area contributed by atoms with E-state index in [1.165, 1.54) is 6.07 Å². The minimum Gasteiger partial charge on any atom is -1.00 e. The molecule has 2 rings (SSSR count). The van der Waals surface area contributed by atoms with Gasteiger partial charge in [-0.2, -0.15) is 0 Å². The number of aromatic nitrogens is 1. The Balaban J connectivity index is -0.00000144. The van der Waals surface area contributed by atoms with Crippen LogP contribution in [0.15, 0.2) is 36.5 Å². The second-order valence-electron chi connectivity index (χ2n) is 6.11. The minimum absolute atomic E-state index is 0. The van der Waals surface area contributed by atoms with Gasteiger partial charge in [0.1, 0.15) is 0 Å². The van der Waals surface area contributed by atoms with Gasteiger partial charge in [0.25, 0.3) is 0 Å². The Morgan fingerprint density at radius 3 is 1.96 bits per heavy atom. The fourth-order valence-electron chi connectivity index (χ4n) is 3.48. The van der Waals surface area contributed by atoms with Gasteiger partial charge in [-0.15, -0.1) is 17.7 Å². The largest absolute Gasteiger partial charge is 1.00 e. The van der Waals surface area contributed by atoms with Crippen LogP contribution in [0.25, 0.3) is 11.3 Å². The number of hydrogen-bond acceptors (Lipinski definition) is 1. The van der Waals surface area contributed by atoms with Crippen LogP contribution >= 0.6 is 7.26 Å². The molecule has 0 saturated carbocycles. The maximum Gasteiger partial charge on any atom is 0.0793 e. The molecule has 0 bridgehead atoms. The fraction of sp³-hybridized carbons (Fsp3) is 0.450. The van der Waals surface area contributed by atoms with Crippen molar-refractivity contribution in [3.63, 3.8) is 0 Å². The summed E-state index contributed by atoms with van der Waals surface area (Å²) in [7, 11) is -1.46. The summed E-state index contributed by atoms with van der Waals surface area (Å²) in [6.45, 7) is 6.64. The number of rotatable bonds is 8. The summed E-state index contributed by atoms with van der Waals surface area (Å²) in [6, 6.07) is 12.5. The van der Waals surface area contributed by atoms with Crippen LogP contribution in [0, 0.1) is 11.9 Å². The monoisotopic (exact) mass is 761 g/mol. The predicted molar refractivity (Wildman–Crippen MR) is 100 cm³/mol. The number of pyridine rings is 1. The smallest absolute Gasteiger partial charge is 0.0793 e. The Morgan fingerprint density at radius 2 is 1.52 bits per heavy atom. The van der Waals surface area contributed by atoms with Gasteiger partial charge in [0, 0.05) is 33.6 Å². The molecule has 0 atom stereocenters. The second kappa shape index (κ2) is 16.6. The van der Waals surface area contributed by atoms with Gasteiger partial charge in [0.2, 0.25) is 0 Å². The Kier molecular flexibility index (Phi) is 20.0. The van der Waals surface area contributed by atoms with E-state index in [1.54, 1.807) is 6.20 Å². The zero-order chi connectivity index (χ0) is 16.7. The van der Waals surface area contributed by atoms with Crippen LogP contribution in [-0.4, -0.2) is 23.5 Å². The third-order valence-electron chi connectivity index (χ3n) is 4.29. The quantitative estimate of drug-likeness (QED) is 0.202. The summed E-state index contributed by atoms with van der Waals surface area (Å²) in [4.78, 5) is 4.40. The molecule has 0 aliphatic heterocycles. The van der Waals surface area contributed by atoms with E-state index in [-0.39, 0.29) is 76.9 Å². The van der Waals surface area contributed by atoms with Crippen LogP contribution in [0.2, 0.25) is 0 Å². The van der Waals surface area contributed by atoms with Crippen molar-refractivity contribution in [2.45, 2.75) is 40.0 Å². The maximum atomic E-state index is 14.7. The van der Waals surface area contributed by atoms with Crippen LogP contribution in [0.4, 0.5) is 4.39 Å². The van der Waals surface area contributed by atoms with Gasteiger partial charge in [0.05, 0.1) is 29.6 Å². The topological polar surface area (TPSA) is 12.9 Å². The van der Waals surface area contributed by atoms with Crippen molar-refractivity contribution in [2.24, 2.45) is 0 Å². The Labute approximate surface area is 209 Å². The fourth-order valence-corrected chi connectivity index (χ4v) is 8.36. The zero-order valence-corrected chi connectivity index (χ0v) is 24.0. The molecule has 2 aromatic rings. The summed E-state index contributed by atoms with van der Waals surface area (Å²) in [6.07, 6.45) is 8.53. The normalized spacial score (nSPS) is 9.93. The molecule has 7 heteroatoms. The van der Waals surface area contributed by atoms with Crippen molar-refractivity contribution in [1.82, 2.24) is 4.98 Å². The molecule has 1 aromatic heterocycles. The second-order valence-corrected chi connectivity index (χ2v) is 10.2. The Morgan fingerprint density at radius 1 is 0.963 bits per heavy atom. The molecule has 1 nitrogen and oxygen atoms in total. The van der Waals surface area contributed by atoms with Gasteiger partial charge in [-0.25, -0.2) is 0 Å². The summed E-state index contributed by atoms with van der Waals surface area (Å²) in [5.74, 6) is -0.0756. The molecule has 157 valence electrons. The van der Waals surface area contributed by atoms with E-state index >= 15 is 0 Å². The first-order chi connectivity index (χ1) is 11.2. The molecule has 1 aromatic carbocycles. The summed E-state index contributed by atoms with van der Waals surface area (Å²) in [5.41, 5.74) is 1.78. The van der Waals surface area contributed by atoms with E-state index in [2.05, 4.69) is 31.8 Å². The van der Waals surface area contributed by atoms with Crippen LogP contribution < -0.4 is 56.2 Å². The molecule has 0 spiro atoms. The van der Waals surface area contributed by atoms with E-state index in [0.29, 0.717) is 0 Å². The first-order valence-electron chi connectivity index (χ1n) is 8.66. The minimum atomic E-state index is -1.46. The molecular formula is C20H27Br3FIrNP-3. The van der Waals surface area contributed by atoms with Crippen molar-refractivity contribution in [3.05, 3.63) is 48.4 Å². The van der Waals surface area contributed by atoms with E-state index in [9.17, 15) is 4.39 Å². The van der Waals surface area contributed by atoms with Gasteiger partial charge in [0.15, 0.2) is 0 Å². The van der Waals surface area contributed by atoms with Crippen LogP contribution in [0.1, 0.15) is 40.0 Å². The summed E-state index contributed by atoms with van der Waals surface area (Å²) in [5, 5.41) is 0.961. The van der Waals surface area contributed by atoms with E-state index in [4.69, 9.17) is 0 Å². The Hall–Kier alpha value is 0.819. The van der Waals surface area contributed by atoms with Gasteiger partial charge < -0.3 is 55.9 Å². The number of halogens is 4. The first-order valence-corrected chi connectivity index (χ1v) is 11.0. The van der Waals surface area contributed by atoms with Crippen molar-refractivity contribution in [1.29, 1.82) is 0 Å². The molecule has 0 aliphatic carbocycles. The molecule has 1 radical (unpaired) electrons. The van der Waals surface area contributed by atoms with Gasteiger partial charge in [-0.05, 0) is 31.0 Å². The SMILES string of the molecule is CCC[P+](CCC)(CCC)c1cc(-c2ccccn2)[c-]cc1F.[Br-].[Br-].[Br-].[Ir]. The zero-order valence-electron chi connectivity index (χ0n) is 15.9. The maximum absolute atomic E-state index is 14.7.